The molecule has 0 spiro atoms. The Morgan fingerprint density at radius 3 is 2.68 bits per heavy atom. The molecule has 2 aromatic rings. The normalized spacial score (nSPS) is 18.4. The first-order chi connectivity index (χ1) is 11.8. The molecule has 2 heterocycles. The smallest absolute Gasteiger partial charge is 0.229 e. The van der Waals surface area contributed by atoms with Gasteiger partial charge in [-0.25, -0.2) is 0 Å². The summed E-state index contributed by atoms with van der Waals surface area (Å²) in [5, 5.41) is 4.18. The van der Waals surface area contributed by atoms with Crippen molar-refractivity contribution in [3.8, 4) is 0 Å². The molecule has 0 bridgehead atoms. The molecule has 1 saturated heterocycles. The van der Waals surface area contributed by atoms with Crippen LogP contribution < -0.4 is 5.32 Å². The number of nitrogens with zero attached hydrogens (tertiary/aromatic N) is 2. The van der Waals surface area contributed by atoms with E-state index < -0.39 is 5.41 Å². The molecule has 1 aromatic heterocycles. The summed E-state index contributed by atoms with van der Waals surface area (Å²) in [6.07, 6.45) is 3.70. The first kappa shape index (κ1) is 17.5. The first-order valence-electron chi connectivity index (χ1n) is 8.91. The minimum absolute atomic E-state index is 0.0000293. The second-order valence-corrected chi connectivity index (χ2v) is 8.03. The summed E-state index contributed by atoms with van der Waals surface area (Å²) in [6.45, 7) is 7.03. The van der Waals surface area contributed by atoms with Crippen LogP contribution in [0.25, 0.3) is 10.9 Å². The van der Waals surface area contributed by atoms with E-state index in [9.17, 15) is 9.59 Å². The molecule has 5 nitrogen and oxygen atoms in total. The standard InChI is InChI=1S/C20H27N3O2/c1-20(2,3)19(25)23-10-5-6-15(13-23)18(24)21-16-8-7-14-9-11-22(4)17(14)12-16/h7-9,11-12,15H,5-6,10,13H2,1-4H3,(H,21,24)/t15-/m1/s1. The van der Waals surface area contributed by atoms with E-state index in [0.717, 1.165) is 36.0 Å². The molecule has 1 aliphatic rings. The van der Waals surface area contributed by atoms with Gasteiger partial charge in [-0.2, -0.15) is 0 Å². The number of rotatable bonds is 2. The summed E-state index contributed by atoms with van der Waals surface area (Å²) in [4.78, 5) is 27.0. The van der Waals surface area contributed by atoms with E-state index in [-0.39, 0.29) is 17.7 Å². The Morgan fingerprint density at radius 1 is 1.20 bits per heavy atom. The van der Waals surface area contributed by atoms with Crippen LogP contribution in [-0.2, 0) is 16.6 Å². The maximum atomic E-state index is 12.7. The number of hydrogen-bond acceptors (Lipinski definition) is 2. The fraction of sp³-hybridized carbons (Fsp3) is 0.500. The van der Waals surface area contributed by atoms with Crippen molar-refractivity contribution in [2.75, 3.05) is 18.4 Å². The van der Waals surface area contributed by atoms with Gasteiger partial charge in [-0.05, 0) is 36.4 Å². The topological polar surface area (TPSA) is 54.3 Å². The number of fused-ring (bicyclic) bond motifs is 1. The number of benzene rings is 1. The summed E-state index contributed by atoms with van der Waals surface area (Å²) in [6, 6.07) is 7.99. The van der Waals surface area contributed by atoms with Crippen molar-refractivity contribution in [3.63, 3.8) is 0 Å². The number of carbonyl (C=O) groups excluding carboxylic acids is 2. The fourth-order valence-electron chi connectivity index (χ4n) is 3.43. The number of carbonyl (C=O) groups is 2. The van der Waals surface area contributed by atoms with Crippen LogP contribution in [0.4, 0.5) is 5.69 Å². The minimum atomic E-state index is -0.407. The number of aromatic nitrogens is 1. The third kappa shape index (κ3) is 3.70. The van der Waals surface area contributed by atoms with E-state index in [1.165, 1.54) is 0 Å². The highest BCUT2D eigenvalue weighted by Crippen LogP contribution is 2.25. The Morgan fingerprint density at radius 2 is 1.96 bits per heavy atom. The lowest BCUT2D eigenvalue weighted by atomic mass is 9.91. The van der Waals surface area contributed by atoms with Crippen molar-refractivity contribution in [2.24, 2.45) is 18.4 Å². The zero-order valence-electron chi connectivity index (χ0n) is 15.5. The van der Waals surface area contributed by atoms with Gasteiger partial charge >= 0.3 is 0 Å². The van der Waals surface area contributed by atoms with Crippen molar-refractivity contribution < 1.29 is 9.59 Å². The molecule has 0 unspecified atom stereocenters. The molecule has 0 aliphatic carbocycles. The van der Waals surface area contributed by atoms with E-state index in [4.69, 9.17) is 0 Å². The van der Waals surface area contributed by atoms with Crippen molar-refractivity contribution in [2.45, 2.75) is 33.6 Å². The van der Waals surface area contributed by atoms with E-state index >= 15 is 0 Å². The largest absolute Gasteiger partial charge is 0.350 e. The second-order valence-electron chi connectivity index (χ2n) is 8.03. The van der Waals surface area contributed by atoms with Gasteiger partial charge in [0, 0.05) is 43.0 Å². The Hall–Kier alpha value is -2.30. The number of hydrogen-bond donors (Lipinski definition) is 1. The molecular formula is C20H27N3O2. The lowest BCUT2D eigenvalue weighted by Gasteiger charge is -2.35. The van der Waals surface area contributed by atoms with Gasteiger partial charge < -0.3 is 14.8 Å². The highest BCUT2D eigenvalue weighted by Gasteiger charge is 2.33. The Balaban J connectivity index is 1.69. The zero-order valence-corrected chi connectivity index (χ0v) is 15.5. The van der Waals surface area contributed by atoms with Gasteiger partial charge in [-0.15, -0.1) is 0 Å². The predicted octanol–water partition coefficient (Wildman–Crippen LogP) is 3.40. The molecule has 134 valence electrons. The van der Waals surface area contributed by atoms with Gasteiger partial charge in [-0.1, -0.05) is 26.8 Å². The number of anilines is 1. The van der Waals surface area contributed by atoms with Crippen LogP contribution in [0.1, 0.15) is 33.6 Å². The molecule has 0 radical (unpaired) electrons. The monoisotopic (exact) mass is 341 g/mol. The lowest BCUT2D eigenvalue weighted by molar-refractivity contribution is -0.142. The Bertz CT molecular complexity index is 801. The quantitative estimate of drug-likeness (QED) is 0.910. The van der Waals surface area contributed by atoms with E-state index in [2.05, 4.69) is 11.4 Å². The van der Waals surface area contributed by atoms with E-state index in [1.54, 1.807) is 0 Å². The van der Waals surface area contributed by atoms with Gasteiger partial charge in [0.25, 0.3) is 0 Å². The second kappa shape index (κ2) is 6.54. The summed E-state index contributed by atoms with van der Waals surface area (Å²) in [5.74, 6) is -0.0284. The SMILES string of the molecule is Cn1ccc2ccc(NC(=O)[C@@H]3CCCN(C(=O)C(C)(C)C)C3)cc21. The minimum Gasteiger partial charge on any atom is -0.350 e. The molecule has 1 N–H and O–H groups in total. The van der Waals surface area contributed by atoms with Crippen molar-refractivity contribution in [3.05, 3.63) is 30.5 Å². The summed E-state index contributed by atoms with van der Waals surface area (Å²) in [5.41, 5.74) is 1.49. The van der Waals surface area contributed by atoms with Crippen LogP contribution in [0, 0.1) is 11.3 Å². The van der Waals surface area contributed by atoms with Crippen molar-refractivity contribution in [1.82, 2.24) is 9.47 Å². The average molecular weight is 341 g/mol. The van der Waals surface area contributed by atoms with Gasteiger partial charge in [-0.3, -0.25) is 9.59 Å². The molecule has 3 rings (SSSR count). The van der Waals surface area contributed by atoms with Crippen LogP contribution in [0.2, 0.25) is 0 Å². The molecule has 1 aromatic carbocycles. The number of nitrogens with one attached hydrogen (secondary N) is 1. The maximum absolute atomic E-state index is 12.7. The lowest BCUT2D eigenvalue weighted by Crippen LogP contribution is -2.47. The zero-order chi connectivity index (χ0) is 18.2. The van der Waals surface area contributed by atoms with Crippen LogP contribution in [0.3, 0.4) is 0 Å². The summed E-state index contributed by atoms with van der Waals surface area (Å²) in [7, 11) is 1.99. The van der Waals surface area contributed by atoms with Crippen molar-refractivity contribution in [1.29, 1.82) is 0 Å². The highest BCUT2D eigenvalue weighted by molar-refractivity contribution is 5.95. The van der Waals surface area contributed by atoms with E-state index in [0.29, 0.717) is 6.54 Å². The van der Waals surface area contributed by atoms with Crippen LogP contribution >= 0.6 is 0 Å². The molecule has 1 aliphatic heterocycles. The molecule has 2 amide bonds. The summed E-state index contributed by atoms with van der Waals surface area (Å²) >= 11 is 0. The number of amides is 2. The molecular weight excluding hydrogens is 314 g/mol. The summed E-state index contributed by atoms with van der Waals surface area (Å²) < 4.78 is 2.04. The van der Waals surface area contributed by atoms with Crippen LogP contribution in [-0.4, -0.2) is 34.4 Å². The van der Waals surface area contributed by atoms with E-state index in [1.807, 2.05) is 61.7 Å². The van der Waals surface area contributed by atoms with Crippen LogP contribution in [0.15, 0.2) is 30.5 Å². The van der Waals surface area contributed by atoms with Gasteiger partial charge in [0.05, 0.1) is 5.92 Å². The molecule has 5 heteroatoms. The Kier molecular flexibility index (Phi) is 4.58. The predicted molar refractivity (Wildman–Crippen MR) is 100 cm³/mol. The van der Waals surface area contributed by atoms with Gasteiger partial charge in [0.1, 0.15) is 0 Å². The maximum Gasteiger partial charge on any atom is 0.229 e. The number of piperidine rings is 1. The highest BCUT2D eigenvalue weighted by atomic mass is 16.2. The molecule has 0 saturated carbocycles. The third-order valence-corrected chi connectivity index (χ3v) is 4.88. The van der Waals surface area contributed by atoms with Gasteiger partial charge in [0.15, 0.2) is 0 Å². The third-order valence-electron chi connectivity index (χ3n) is 4.88. The molecule has 25 heavy (non-hydrogen) atoms. The first-order valence-corrected chi connectivity index (χ1v) is 8.91. The average Bonchev–Trinajstić information content (AvgIpc) is 2.94. The Labute approximate surface area is 149 Å². The molecule has 1 atom stereocenters. The number of likely N-dealkylation sites (tertiary alicyclic amines) is 1. The number of aryl methyl sites for hydroxylation is 1. The van der Waals surface area contributed by atoms with Crippen molar-refractivity contribution >= 4 is 28.4 Å². The van der Waals surface area contributed by atoms with Gasteiger partial charge in [0.2, 0.25) is 11.8 Å². The fourth-order valence-corrected chi connectivity index (χ4v) is 3.43. The van der Waals surface area contributed by atoms with Crippen LogP contribution in [0.5, 0.6) is 0 Å². The molecule has 1 fully saturated rings.